The van der Waals surface area contributed by atoms with E-state index in [-0.39, 0.29) is 11.6 Å². The summed E-state index contributed by atoms with van der Waals surface area (Å²) in [7, 11) is 1.79. The molecule has 1 aromatic heterocycles. The Kier molecular flexibility index (Phi) is 3.76. The van der Waals surface area contributed by atoms with Gasteiger partial charge >= 0.3 is 0 Å². The number of pyridine rings is 1. The summed E-state index contributed by atoms with van der Waals surface area (Å²) in [6, 6.07) is 4.21. The first-order chi connectivity index (χ1) is 8.19. The SMILES string of the molecule is COC1(CC(NN)c2ccc(C)nc2)CCC1. The minimum atomic E-state index is 0.0158. The monoisotopic (exact) mass is 235 g/mol. The van der Waals surface area contributed by atoms with Crippen LogP contribution < -0.4 is 11.3 Å². The lowest BCUT2D eigenvalue weighted by atomic mass is 9.75. The van der Waals surface area contributed by atoms with Crippen molar-refractivity contribution in [2.45, 2.75) is 44.2 Å². The van der Waals surface area contributed by atoms with Crippen molar-refractivity contribution >= 4 is 0 Å². The predicted octanol–water partition coefficient (Wildman–Crippen LogP) is 1.85. The number of nitrogens with two attached hydrogens (primary N) is 1. The smallest absolute Gasteiger partial charge is 0.0697 e. The van der Waals surface area contributed by atoms with Gasteiger partial charge in [0, 0.05) is 19.0 Å². The van der Waals surface area contributed by atoms with E-state index >= 15 is 0 Å². The molecule has 1 saturated carbocycles. The number of aryl methyl sites for hydroxylation is 1. The standard InChI is InChI=1S/C13H21N3O/c1-10-4-5-11(9-15-10)12(16-14)8-13(17-2)6-3-7-13/h4-5,9,12,16H,3,6-8,14H2,1-2H3. The molecule has 2 rings (SSSR count). The fraction of sp³-hybridized carbons (Fsp3) is 0.615. The Balaban J connectivity index is 2.08. The van der Waals surface area contributed by atoms with E-state index < -0.39 is 0 Å². The normalized spacial score (nSPS) is 19.7. The maximum atomic E-state index is 5.65. The molecule has 4 heteroatoms. The second-order valence-corrected chi connectivity index (χ2v) is 4.90. The van der Waals surface area contributed by atoms with Crippen LogP contribution in [0.3, 0.4) is 0 Å². The van der Waals surface area contributed by atoms with Gasteiger partial charge < -0.3 is 4.74 Å². The first-order valence-electron chi connectivity index (χ1n) is 6.13. The topological polar surface area (TPSA) is 60.2 Å². The molecule has 1 unspecified atom stereocenters. The van der Waals surface area contributed by atoms with Crippen molar-refractivity contribution in [3.63, 3.8) is 0 Å². The largest absolute Gasteiger partial charge is 0.378 e. The molecule has 0 bridgehead atoms. The molecule has 1 heterocycles. The molecular formula is C13H21N3O. The van der Waals surface area contributed by atoms with Gasteiger partial charge in [0.25, 0.3) is 0 Å². The number of nitrogens with zero attached hydrogens (tertiary/aromatic N) is 1. The lowest BCUT2D eigenvalue weighted by Crippen LogP contribution is -2.44. The van der Waals surface area contributed by atoms with E-state index in [2.05, 4.69) is 16.5 Å². The minimum Gasteiger partial charge on any atom is -0.378 e. The van der Waals surface area contributed by atoms with Crippen molar-refractivity contribution in [1.82, 2.24) is 10.4 Å². The number of aromatic nitrogens is 1. The zero-order valence-electron chi connectivity index (χ0n) is 10.6. The number of hydrogen-bond acceptors (Lipinski definition) is 4. The number of ether oxygens (including phenoxy) is 1. The van der Waals surface area contributed by atoms with Gasteiger partial charge in [0.05, 0.1) is 11.6 Å². The Hall–Kier alpha value is -0.970. The number of rotatable bonds is 5. The average molecular weight is 235 g/mol. The van der Waals surface area contributed by atoms with E-state index in [0.29, 0.717) is 0 Å². The van der Waals surface area contributed by atoms with Crippen LogP contribution in [0.15, 0.2) is 18.3 Å². The number of hydrogen-bond donors (Lipinski definition) is 2. The Labute approximate surface area is 103 Å². The van der Waals surface area contributed by atoms with E-state index in [4.69, 9.17) is 10.6 Å². The van der Waals surface area contributed by atoms with E-state index in [1.54, 1.807) is 7.11 Å². The van der Waals surface area contributed by atoms with Crippen molar-refractivity contribution in [2.75, 3.05) is 7.11 Å². The summed E-state index contributed by atoms with van der Waals surface area (Å²) in [6.07, 6.45) is 6.30. The molecule has 0 amide bonds. The van der Waals surface area contributed by atoms with Gasteiger partial charge in [-0.1, -0.05) is 6.07 Å². The summed E-state index contributed by atoms with van der Waals surface area (Å²) >= 11 is 0. The summed E-state index contributed by atoms with van der Waals surface area (Å²) in [5, 5.41) is 0. The predicted molar refractivity (Wildman–Crippen MR) is 67.2 cm³/mol. The second-order valence-electron chi connectivity index (χ2n) is 4.90. The molecule has 0 saturated heterocycles. The number of hydrazine groups is 1. The summed E-state index contributed by atoms with van der Waals surface area (Å²) in [5.74, 6) is 5.65. The maximum absolute atomic E-state index is 5.65. The third-order valence-electron chi connectivity index (χ3n) is 3.81. The van der Waals surface area contributed by atoms with Crippen LogP contribution >= 0.6 is 0 Å². The zero-order chi connectivity index (χ0) is 12.3. The second kappa shape index (κ2) is 5.12. The van der Waals surface area contributed by atoms with Crippen molar-refractivity contribution < 1.29 is 4.74 Å². The van der Waals surface area contributed by atoms with Crippen molar-refractivity contribution in [3.8, 4) is 0 Å². The third-order valence-corrected chi connectivity index (χ3v) is 3.81. The Morgan fingerprint density at radius 3 is 2.71 bits per heavy atom. The van der Waals surface area contributed by atoms with Gasteiger partial charge in [-0.2, -0.15) is 0 Å². The highest BCUT2D eigenvalue weighted by Gasteiger charge is 2.39. The quantitative estimate of drug-likeness (QED) is 0.604. The first-order valence-corrected chi connectivity index (χ1v) is 6.13. The molecule has 0 radical (unpaired) electrons. The van der Waals surface area contributed by atoms with Gasteiger partial charge in [-0.15, -0.1) is 0 Å². The van der Waals surface area contributed by atoms with Gasteiger partial charge in [-0.05, 0) is 44.2 Å². The average Bonchev–Trinajstić information content (AvgIpc) is 2.30. The highest BCUT2D eigenvalue weighted by atomic mass is 16.5. The third kappa shape index (κ3) is 2.65. The van der Waals surface area contributed by atoms with Gasteiger partial charge in [-0.3, -0.25) is 16.3 Å². The molecule has 1 fully saturated rings. The molecule has 1 aliphatic rings. The van der Waals surface area contributed by atoms with Crippen molar-refractivity contribution in [1.29, 1.82) is 0 Å². The first kappa shape index (κ1) is 12.5. The Bertz CT molecular complexity index is 354. The van der Waals surface area contributed by atoms with E-state index in [0.717, 1.165) is 30.5 Å². The Morgan fingerprint density at radius 2 is 2.29 bits per heavy atom. The maximum Gasteiger partial charge on any atom is 0.0697 e. The molecule has 1 aromatic rings. The van der Waals surface area contributed by atoms with Gasteiger partial charge in [0.15, 0.2) is 0 Å². The molecule has 17 heavy (non-hydrogen) atoms. The van der Waals surface area contributed by atoms with E-state index in [1.807, 2.05) is 19.2 Å². The fourth-order valence-corrected chi connectivity index (χ4v) is 2.39. The van der Waals surface area contributed by atoms with Crippen LogP contribution in [0.25, 0.3) is 0 Å². The van der Waals surface area contributed by atoms with Gasteiger partial charge in [-0.25, -0.2) is 0 Å². The summed E-state index contributed by atoms with van der Waals surface area (Å²) < 4.78 is 5.64. The van der Waals surface area contributed by atoms with Gasteiger partial charge in [0.2, 0.25) is 0 Å². The summed E-state index contributed by atoms with van der Waals surface area (Å²) in [4.78, 5) is 4.31. The van der Waals surface area contributed by atoms with Crippen LogP contribution in [-0.4, -0.2) is 17.7 Å². The van der Waals surface area contributed by atoms with Crippen LogP contribution in [0, 0.1) is 6.92 Å². The molecule has 0 aromatic carbocycles. The van der Waals surface area contributed by atoms with E-state index in [9.17, 15) is 0 Å². The van der Waals surface area contributed by atoms with Crippen LogP contribution in [0.4, 0.5) is 0 Å². The summed E-state index contributed by atoms with van der Waals surface area (Å²) in [6.45, 7) is 1.98. The molecule has 0 aliphatic heterocycles. The van der Waals surface area contributed by atoms with E-state index in [1.165, 1.54) is 6.42 Å². The van der Waals surface area contributed by atoms with Crippen LogP contribution in [0.5, 0.6) is 0 Å². The van der Waals surface area contributed by atoms with Crippen LogP contribution in [0.1, 0.15) is 43.0 Å². The lowest BCUT2D eigenvalue weighted by molar-refractivity contribution is -0.0838. The fourth-order valence-electron chi connectivity index (χ4n) is 2.39. The van der Waals surface area contributed by atoms with Crippen LogP contribution in [0.2, 0.25) is 0 Å². The summed E-state index contributed by atoms with van der Waals surface area (Å²) in [5.41, 5.74) is 5.04. The highest BCUT2D eigenvalue weighted by Crippen LogP contribution is 2.41. The molecule has 0 spiro atoms. The number of nitrogens with one attached hydrogen (secondary N) is 1. The molecular weight excluding hydrogens is 214 g/mol. The minimum absolute atomic E-state index is 0.0158. The molecule has 4 nitrogen and oxygen atoms in total. The van der Waals surface area contributed by atoms with Gasteiger partial charge in [0.1, 0.15) is 0 Å². The van der Waals surface area contributed by atoms with Crippen molar-refractivity contribution in [3.05, 3.63) is 29.6 Å². The Morgan fingerprint density at radius 1 is 1.53 bits per heavy atom. The highest BCUT2D eigenvalue weighted by molar-refractivity contribution is 5.18. The molecule has 94 valence electrons. The van der Waals surface area contributed by atoms with Crippen LogP contribution in [-0.2, 0) is 4.74 Å². The molecule has 3 N–H and O–H groups in total. The lowest BCUT2D eigenvalue weighted by Gasteiger charge is -2.42. The number of methoxy groups -OCH3 is 1. The molecule has 1 aliphatic carbocycles. The zero-order valence-corrected chi connectivity index (χ0v) is 10.6. The molecule has 1 atom stereocenters. The van der Waals surface area contributed by atoms with Crippen molar-refractivity contribution in [2.24, 2.45) is 5.84 Å².